The summed E-state index contributed by atoms with van der Waals surface area (Å²) in [4.78, 5) is 30.2. The summed E-state index contributed by atoms with van der Waals surface area (Å²) in [6.07, 6.45) is 2.62. The molecule has 1 unspecified atom stereocenters. The Labute approximate surface area is 162 Å². The van der Waals surface area contributed by atoms with Gasteiger partial charge in [0.25, 0.3) is 5.91 Å². The molecular formula is C19H26N2O5S. The van der Waals surface area contributed by atoms with Gasteiger partial charge >= 0.3 is 0 Å². The van der Waals surface area contributed by atoms with Crippen LogP contribution in [0.5, 0.6) is 0 Å². The lowest BCUT2D eigenvalue weighted by molar-refractivity contribution is -0.140. The average molecular weight is 394 g/mol. The number of aliphatic hydroxyl groups is 2. The van der Waals surface area contributed by atoms with E-state index in [-0.39, 0.29) is 24.8 Å². The topological polar surface area (TPSA) is 90.3 Å². The van der Waals surface area contributed by atoms with Gasteiger partial charge < -0.3 is 24.7 Å². The van der Waals surface area contributed by atoms with Gasteiger partial charge in [0.2, 0.25) is 5.91 Å². The molecule has 1 aromatic heterocycles. The summed E-state index contributed by atoms with van der Waals surface area (Å²) in [7, 11) is 0. The zero-order valence-corrected chi connectivity index (χ0v) is 16.2. The highest BCUT2D eigenvalue weighted by Gasteiger charge is 2.43. The molecule has 0 aromatic carbocycles. The first-order valence-electron chi connectivity index (χ1n) is 9.65. The van der Waals surface area contributed by atoms with Gasteiger partial charge in [-0.25, -0.2) is 0 Å². The predicted molar refractivity (Wildman–Crippen MR) is 99.7 cm³/mol. The van der Waals surface area contributed by atoms with Crippen molar-refractivity contribution in [3.05, 3.63) is 21.4 Å². The van der Waals surface area contributed by atoms with Crippen molar-refractivity contribution in [3.8, 4) is 0 Å². The molecule has 148 valence electrons. The Bertz CT molecular complexity index is 726. The normalized spacial score (nSPS) is 24.3. The molecule has 2 amide bonds. The Hall–Kier alpha value is -1.48. The molecule has 0 radical (unpaired) electrons. The smallest absolute Gasteiger partial charge is 0.264 e. The Balaban J connectivity index is 1.51. The molecule has 2 fully saturated rings. The summed E-state index contributed by atoms with van der Waals surface area (Å²) in [5, 5.41) is 18.7. The fourth-order valence-corrected chi connectivity index (χ4v) is 5.73. The molecule has 3 aliphatic rings. The van der Waals surface area contributed by atoms with Gasteiger partial charge in [-0.05, 0) is 37.3 Å². The highest BCUT2D eigenvalue weighted by atomic mass is 32.1. The minimum absolute atomic E-state index is 0.00309. The van der Waals surface area contributed by atoms with E-state index < -0.39 is 11.7 Å². The van der Waals surface area contributed by atoms with Crippen LogP contribution in [0.2, 0.25) is 0 Å². The standard InChI is InChI=1S/C19H26N2O5S/c22-9-2-16(24)20-7-4-19(5-8-20)17-13(3-10-26-19)11-15(27-17)18(25)21-6-1-14(23)12-21/h11,14,22-23H,1-10,12H2. The number of rotatable bonds is 3. The van der Waals surface area contributed by atoms with Crippen molar-refractivity contribution in [2.45, 2.75) is 43.8 Å². The van der Waals surface area contributed by atoms with E-state index in [0.29, 0.717) is 52.0 Å². The van der Waals surface area contributed by atoms with E-state index in [1.54, 1.807) is 9.80 Å². The third kappa shape index (κ3) is 3.51. The minimum Gasteiger partial charge on any atom is -0.396 e. The van der Waals surface area contributed by atoms with Crippen molar-refractivity contribution in [1.82, 2.24) is 9.80 Å². The Kier molecular flexibility index (Phi) is 5.24. The largest absolute Gasteiger partial charge is 0.396 e. The number of ether oxygens (including phenoxy) is 1. The number of aliphatic hydroxyl groups excluding tert-OH is 2. The maximum absolute atomic E-state index is 12.8. The van der Waals surface area contributed by atoms with E-state index in [1.807, 2.05) is 6.07 Å². The number of nitrogens with zero attached hydrogens (tertiary/aromatic N) is 2. The van der Waals surface area contributed by atoms with Gasteiger partial charge in [-0.15, -0.1) is 11.3 Å². The number of likely N-dealkylation sites (tertiary alicyclic amines) is 2. The zero-order valence-electron chi connectivity index (χ0n) is 15.4. The Morgan fingerprint density at radius 1 is 1.26 bits per heavy atom. The van der Waals surface area contributed by atoms with Crippen LogP contribution < -0.4 is 0 Å². The van der Waals surface area contributed by atoms with Crippen molar-refractivity contribution >= 4 is 23.2 Å². The van der Waals surface area contributed by atoms with Crippen molar-refractivity contribution in [2.75, 3.05) is 39.4 Å². The lowest BCUT2D eigenvalue weighted by Crippen LogP contribution is -2.48. The lowest BCUT2D eigenvalue weighted by atomic mass is 9.85. The van der Waals surface area contributed by atoms with Gasteiger partial charge in [0, 0.05) is 37.5 Å². The highest BCUT2D eigenvalue weighted by molar-refractivity contribution is 7.14. The second kappa shape index (κ2) is 7.50. The minimum atomic E-state index is -0.418. The molecule has 0 saturated carbocycles. The van der Waals surface area contributed by atoms with Gasteiger partial charge in [0.1, 0.15) is 5.60 Å². The van der Waals surface area contributed by atoms with Crippen LogP contribution in [0.4, 0.5) is 0 Å². The Morgan fingerprint density at radius 3 is 2.70 bits per heavy atom. The second-order valence-corrected chi connectivity index (χ2v) is 8.66. The van der Waals surface area contributed by atoms with Gasteiger partial charge in [-0.3, -0.25) is 9.59 Å². The van der Waals surface area contributed by atoms with Gasteiger partial charge in [-0.2, -0.15) is 0 Å². The molecule has 4 heterocycles. The maximum Gasteiger partial charge on any atom is 0.264 e. The third-order valence-corrected chi connectivity index (χ3v) is 7.23. The number of β-amino-alcohol motifs (C(OH)–C–C–N with tert-alkyl or cyclic N) is 1. The van der Waals surface area contributed by atoms with Gasteiger partial charge in [0.15, 0.2) is 0 Å². The summed E-state index contributed by atoms with van der Waals surface area (Å²) in [6.45, 7) is 2.74. The molecule has 8 heteroatoms. The number of hydrogen-bond acceptors (Lipinski definition) is 6. The molecule has 27 heavy (non-hydrogen) atoms. The van der Waals surface area contributed by atoms with E-state index >= 15 is 0 Å². The molecule has 1 aromatic rings. The number of amides is 2. The van der Waals surface area contributed by atoms with Gasteiger partial charge in [0.05, 0.1) is 24.2 Å². The van der Waals surface area contributed by atoms with Crippen molar-refractivity contribution in [2.24, 2.45) is 0 Å². The maximum atomic E-state index is 12.8. The average Bonchev–Trinajstić information content (AvgIpc) is 3.29. The fourth-order valence-electron chi connectivity index (χ4n) is 4.35. The molecule has 0 bridgehead atoms. The van der Waals surface area contributed by atoms with Crippen LogP contribution in [0.15, 0.2) is 6.07 Å². The molecule has 1 atom stereocenters. The number of fused-ring (bicyclic) bond motifs is 2. The summed E-state index contributed by atoms with van der Waals surface area (Å²) >= 11 is 1.52. The number of carbonyl (C=O) groups excluding carboxylic acids is 2. The first-order valence-corrected chi connectivity index (χ1v) is 10.5. The van der Waals surface area contributed by atoms with Crippen LogP contribution in [0.1, 0.15) is 45.8 Å². The van der Waals surface area contributed by atoms with E-state index in [0.717, 1.165) is 16.2 Å². The van der Waals surface area contributed by atoms with Crippen LogP contribution >= 0.6 is 11.3 Å². The summed E-state index contributed by atoms with van der Waals surface area (Å²) in [5.74, 6) is -0.0188. The van der Waals surface area contributed by atoms with E-state index in [2.05, 4.69) is 0 Å². The molecular weight excluding hydrogens is 368 g/mol. The van der Waals surface area contributed by atoms with E-state index in [9.17, 15) is 14.7 Å². The summed E-state index contributed by atoms with van der Waals surface area (Å²) < 4.78 is 6.21. The van der Waals surface area contributed by atoms with Gasteiger partial charge in [-0.1, -0.05) is 0 Å². The van der Waals surface area contributed by atoms with Crippen molar-refractivity contribution in [1.29, 1.82) is 0 Å². The van der Waals surface area contributed by atoms with E-state index in [1.165, 1.54) is 16.9 Å². The molecule has 0 aliphatic carbocycles. The lowest BCUT2D eigenvalue weighted by Gasteiger charge is -2.43. The number of carbonyl (C=O) groups is 2. The fraction of sp³-hybridized carbons (Fsp3) is 0.684. The van der Waals surface area contributed by atoms with Crippen LogP contribution in [0.3, 0.4) is 0 Å². The zero-order chi connectivity index (χ0) is 19.0. The van der Waals surface area contributed by atoms with E-state index in [4.69, 9.17) is 9.84 Å². The SMILES string of the molecule is O=C(CCO)N1CCC2(CC1)OCCc1cc(C(=O)N3CCC(O)C3)sc12. The predicted octanol–water partition coefficient (Wildman–Crippen LogP) is 0.728. The number of thiophene rings is 1. The van der Waals surface area contributed by atoms with Crippen LogP contribution in [-0.4, -0.2) is 77.3 Å². The molecule has 2 N–H and O–H groups in total. The first-order chi connectivity index (χ1) is 13.0. The number of hydrogen-bond donors (Lipinski definition) is 2. The third-order valence-electron chi connectivity index (χ3n) is 5.88. The number of piperidine rings is 1. The summed E-state index contributed by atoms with van der Waals surface area (Å²) in [5.41, 5.74) is 0.779. The molecule has 7 nitrogen and oxygen atoms in total. The highest BCUT2D eigenvalue weighted by Crippen LogP contribution is 2.45. The second-order valence-electron chi connectivity index (χ2n) is 7.61. The summed E-state index contributed by atoms with van der Waals surface area (Å²) in [6, 6.07) is 2.00. The van der Waals surface area contributed by atoms with Crippen LogP contribution in [-0.2, 0) is 21.6 Å². The molecule has 3 aliphatic heterocycles. The first kappa shape index (κ1) is 18.9. The molecule has 1 spiro atoms. The quantitative estimate of drug-likeness (QED) is 0.789. The molecule has 2 saturated heterocycles. The van der Waals surface area contributed by atoms with Crippen molar-refractivity contribution in [3.63, 3.8) is 0 Å². The molecule has 4 rings (SSSR count). The van der Waals surface area contributed by atoms with Crippen LogP contribution in [0, 0.1) is 0 Å². The van der Waals surface area contributed by atoms with Crippen LogP contribution in [0.25, 0.3) is 0 Å². The van der Waals surface area contributed by atoms with Crippen molar-refractivity contribution < 1.29 is 24.5 Å². The Morgan fingerprint density at radius 2 is 2.04 bits per heavy atom. The monoisotopic (exact) mass is 394 g/mol.